The van der Waals surface area contributed by atoms with E-state index >= 15 is 0 Å². The number of aromatic nitrogens is 5. The first-order valence-corrected chi connectivity index (χ1v) is 23.7. The third-order valence-corrected chi connectivity index (χ3v) is 15.7. The Kier molecular flexibility index (Phi) is 7.65. The molecule has 2 aliphatic rings. The fourth-order valence-electron chi connectivity index (χ4n) is 12.0. The standard InChI is InChI=1S/C61H33N7S/c1-63-37-22-27-54-44(32-37)41-12-4-7-18-51(41)68(54)55-19-8-20-56-58(55)61(47-14-9-29-64-59(47)60-48(61)15-10-30-65-60)46-25-23-39(34-57(46)69-56)67-50-17-6-3-13-42(50)45-33-38(24-28-53(45)67)66-49-16-5-2-11-40(49)43-31-36(35-62)21-26-52(43)66/h2-34H. The number of hydrogen-bond donors (Lipinski definition) is 0. The molecule has 5 aromatic heterocycles. The highest BCUT2D eigenvalue weighted by molar-refractivity contribution is 7.99. The molecule has 0 atom stereocenters. The van der Waals surface area contributed by atoms with Crippen molar-refractivity contribution in [3.05, 3.63) is 240 Å². The monoisotopic (exact) mass is 895 g/mol. The molecule has 1 aliphatic heterocycles. The topological polar surface area (TPSA) is 68.7 Å². The van der Waals surface area contributed by atoms with Crippen molar-refractivity contribution in [1.82, 2.24) is 23.7 Å². The quantitative estimate of drug-likeness (QED) is 0.166. The first-order valence-electron chi connectivity index (χ1n) is 22.9. The number of fused-ring (bicyclic) bond motifs is 18. The number of benzene rings is 8. The SMILES string of the molecule is [C-]#[N+]c1ccc2c(c1)c1ccccc1n2-c1cccc2c1C1(c3ccc(-n4c5ccccc5c5cc(-n6c7ccccc7c7cc(C#N)ccc76)ccc54)cc3S2)c2cccnc2-c2ncccc21. The smallest absolute Gasteiger partial charge is 0.188 e. The summed E-state index contributed by atoms with van der Waals surface area (Å²) < 4.78 is 7.13. The van der Waals surface area contributed by atoms with E-state index in [9.17, 15) is 5.26 Å². The van der Waals surface area contributed by atoms with Crippen LogP contribution in [0.25, 0.3) is 98.7 Å². The summed E-state index contributed by atoms with van der Waals surface area (Å²) in [5.74, 6) is 0. The second-order valence-corrected chi connectivity index (χ2v) is 19.0. The lowest BCUT2D eigenvalue weighted by molar-refractivity contribution is 0.712. The van der Waals surface area contributed by atoms with Crippen LogP contribution in [0.4, 0.5) is 5.69 Å². The second-order valence-electron chi connectivity index (χ2n) is 17.9. The van der Waals surface area contributed by atoms with Gasteiger partial charge in [-0.15, -0.1) is 0 Å². The second kappa shape index (κ2) is 13.9. The van der Waals surface area contributed by atoms with E-state index in [0.29, 0.717) is 11.3 Å². The zero-order valence-corrected chi connectivity index (χ0v) is 37.4. The van der Waals surface area contributed by atoms with Crippen LogP contribution in [0.2, 0.25) is 0 Å². The summed E-state index contributed by atoms with van der Waals surface area (Å²) in [7, 11) is 0. The lowest BCUT2D eigenvalue weighted by Gasteiger charge is -2.41. The van der Waals surface area contributed by atoms with E-state index in [-0.39, 0.29) is 0 Å². The Morgan fingerprint density at radius 2 is 1.01 bits per heavy atom. The average molecular weight is 896 g/mol. The molecule has 0 unspecified atom stereocenters. The lowest BCUT2D eigenvalue weighted by Crippen LogP contribution is -2.33. The summed E-state index contributed by atoms with van der Waals surface area (Å²) in [5, 5.41) is 16.5. The average Bonchev–Trinajstić information content (AvgIpc) is 4.12. The fourth-order valence-corrected chi connectivity index (χ4v) is 13.2. The number of rotatable bonds is 3. The largest absolute Gasteiger partial charge is 0.309 e. The van der Waals surface area contributed by atoms with Gasteiger partial charge in [-0.25, -0.2) is 4.85 Å². The molecular weight excluding hydrogens is 863 g/mol. The molecule has 8 aromatic carbocycles. The molecule has 0 saturated heterocycles. The molecule has 8 heteroatoms. The summed E-state index contributed by atoms with van der Waals surface area (Å²) in [5.41, 5.74) is 16.6. The van der Waals surface area contributed by atoms with Crippen molar-refractivity contribution in [2.75, 3.05) is 0 Å². The number of hydrogen-bond acceptors (Lipinski definition) is 4. The third kappa shape index (κ3) is 4.95. The van der Waals surface area contributed by atoms with Gasteiger partial charge < -0.3 is 13.7 Å². The highest BCUT2D eigenvalue weighted by atomic mass is 32.2. The fraction of sp³-hybridized carbons (Fsp3) is 0.0164. The van der Waals surface area contributed by atoms with E-state index in [2.05, 4.69) is 188 Å². The Bertz CT molecular complexity index is 4470. The molecule has 1 aliphatic carbocycles. The molecule has 0 amide bonds. The predicted octanol–water partition coefficient (Wildman–Crippen LogP) is 15.0. The minimum Gasteiger partial charge on any atom is -0.309 e. The molecule has 0 saturated carbocycles. The maximum absolute atomic E-state index is 9.80. The van der Waals surface area contributed by atoms with Crippen LogP contribution in [0.5, 0.6) is 0 Å². The van der Waals surface area contributed by atoms with E-state index in [1.807, 2.05) is 48.4 Å². The Hall–Kier alpha value is -9.21. The molecule has 15 rings (SSSR count). The van der Waals surface area contributed by atoms with Gasteiger partial charge in [0.25, 0.3) is 0 Å². The molecule has 6 heterocycles. The van der Waals surface area contributed by atoms with Crippen molar-refractivity contribution in [2.45, 2.75) is 15.2 Å². The van der Waals surface area contributed by atoms with Crippen LogP contribution >= 0.6 is 11.8 Å². The number of para-hydroxylation sites is 3. The summed E-state index contributed by atoms with van der Waals surface area (Å²) >= 11 is 1.82. The number of nitriles is 1. The van der Waals surface area contributed by atoms with Gasteiger partial charge in [-0.2, -0.15) is 5.26 Å². The maximum atomic E-state index is 9.80. The highest BCUT2D eigenvalue weighted by Gasteiger charge is 2.53. The van der Waals surface area contributed by atoms with Crippen molar-refractivity contribution in [2.24, 2.45) is 0 Å². The molecule has 1 spiro atoms. The zero-order chi connectivity index (χ0) is 45.5. The van der Waals surface area contributed by atoms with E-state index in [1.54, 1.807) is 0 Å². The summed E-state index contributed by atoms with van der Waals surface area (Å²) in [6, 6.07) is 69.3. The van der Waals surface area contributed by atoms with Gasteiger partial charge in [0, 0.05) is 66.1 Å². The van der Waals surface area contributed by atoms with Crippen molar-refractivity contribution >= 4 is 82.9 Å². The van der Waals surface area contributed by atoms with E-state index in [4.69, 9.17) is 16.5 Å². The Balaban J connectivity index is 0.979. The Morgan fingerprint density at radius 3 is 1.68 bits per heavy atom. The normalized spacial score (nSPS) is 13.2. The van der Waals surface area contributed by atoms with Crippen LogP contribution in [-0.4, -0.2) is 23.7 Å². The maximum Gasteiger partial charge on any atom is 0.188 e. The number of nitrogens with zero attached hydrogens (tertiary/aromatic N) is 7. The Labute approximate surface area is 399 Å². The van der Waals surface area contributed by atoms with Crippen LogP contribution in [0, 0.1) is 17.9 Å². The van der Waals surface area contributed by atoms with E-state index in [1.165, 1.54) is 16.5 Å². The number of pyridine rings is 2. The molecular formula is C61H33N7S. The van der Waals surface area contributed by atoms with Crippen LogP contribution in [0.15, 0.2) is 210 Å². The van der Waals surface area contributed by atoms with Gasteiger partial charge in [-0.05, 0) is 125 Å². The molecule has 69 heavy (non-hydrogen) atoms. The summed E-state index contributed by atoms with van der Waals surface area (Å²) in [6.45, 7) is 7.87. The molecule has 7 nitrogen and oxygen atoms in total. The molecule has 0 bridgehead atoms. The first-order chi connectivity index (χ1) is 34.1. The highest BCUT2D eigenvalue weighted by Crippen LogP contribution is 2.63. The summed E-state index contributed by atoms with van der Waals surface area (Å²) in [4.78, 5) is 16.3. The minimum absolute atomic E-state index is 0.621. The Morgan fingerprint density at radius 1 is 0.464 bits per heavy atom. The van der Waals surface area contributed by atoms with Crippen molar-refractivity contribution in [3.8, 4) is 34.5 Å². The van der Waals surface area contributed by atoms with E-state index in [0.717, 1.165) is 109 Å². The van der Waals surface area contributed by atoms with Gasteiger partial charge in [0.05, 0.1) is 73.8 Å². The van der Waals surface area contributed by atoms with Crippen LogP contribution < -0.4 is 0 Å². The third-order valence-electron chi connectivity index (χ3n) is 14.6. The molecule has 0 radical (unpaired) electrons. The molecule has 0 N–H and O–H groups in total. The van der Waals surface area contributed by atoms with Gasteiger partial charge in [-0.3, -0.25) is 9.97 Å². The summed E-state index contributed by atoms with van der Waals surface area (Å²) in [6.07, 6.45) is 3.76. The van der Waals surface area contributed by atoms with Gasteiger partial charge in [0.15, 0.2) is 5.69 Å². The van der Waals surface area contributed by atoms with Gasteiger partial charge in [0.1, 0.15) is 0 Å². The van der Waals surface area contributed by atoms with Crippen LogP contribution in [0.1, 0.15) is 27.8 Å². The van der Waals surface area contributed by atoms with Crippen LogP contribution in [0.3, 0.4) is 0 Å². The minimum atomic E-state index is -0.765. The van der Waals surface area contributed by atoms with Crippen molar-refractivity contribution < 1.29 is 0 Å². The van der Waals surface area contributed by atoms with Gasteiger partial charge in [0.2, 0.25) is 0 Å². The lowest BCUT2D eigenvalue weighted by atomic mass is 9.67. The molecule has 0 fully saturated rings. The van der Waals surface area contributed by atoms with Crippen LogP contribution in [-0.2, 0) is 5.41 Å². The predicted molar refractivity (Wildman–Crippen MR) is 277 cm³/mol. The van der Waals surface area contributed by atoms with E-state index < -0.39 is 5.41 Å². The van der Waals surface area contributed by atoms with Crippen molar-refractivity contribution in [1.29, 1.82) is 5.26 Å². The van der Waals surface area contributed by atoms with Gasteiger partial charge >= 0.3 is 0 Å². The first kappa shape index (κ1) is 38.0. The van der Waals surface area contributed by atoms with Gasteiger partial charge in [-0.1, -0.05) is 96.7 Å². The molecule has 318 valence electrons. The van der Waals surface area contributed by atoms with Crippen molar-refractivity contribution in [3.63, 3.8) is 0 Å². The zero-order valence-electron chi connectivity index (χ0n) is 36.6. The molecule has 13 aromatic rings.